The van der Waals surface area contributed by atoms with Gasteiger partial charge in [-0.25, -0.2) is 4.39 Å². The van der Waals surface area contributed by atoms with Crippen LogP contribution in [-0.2, 0) is 16.2 Å². The van der Waals surface area contributed by atoms with Crippen molar-refractivity contribution in [3.63, 3.8) is 0 Å². The predicted octanol–water partition coefficient (Wildman–Crippen LogP) is 7.04. The Morgan fingerprint density at radius 1 is 1.00 bits per heavy atom. The van der Waals surface area contributed by atoms with Gasteiger partial charge in [0.05, 0.1) is 25.7 Å². The number of nitrogens with zero attached hydrogens (tertiary/aromatic N) is 1. The summed E-state index contributed by atoms with van der Waals surface area (Å²) in [4.78, 5) is 38.5. The van der Waals surface area contributed by atoms with Gasteiger partial charge >= 0.3 is 0 Å². The van der Waals surface area contributed by atoms with E-state index >= 15 is 0 Å². The van der Waals surface area contributed by atoms with Crippen LogP contribution >= 0.6 is 46.6 Å². The molecule has 0 radical (unpaired) electrons. The smallest absolute Gasteiger partial charge is 0.294 e. The minimum absolute atomic E-state index is 0.109. The van der Waals surface area contributed by atoms with Gasteiger partial charge in [0.2, 0.25) is 5.91 Å². The molecular formula is C25H16Cl3FN2O4S. The lowest BCUT2D eigenvalue weighted by Crippen LogP contribution is -2.36. The molecule has 0 aromatic heterocycles. The number of benzene rings is 3. The highest BCUT2D eigenvalue weighted by Gasteiger charge is 2.36. The van der Waals surface area contributed by atoms with Crippen LogP contribution in [0.25, 0.3) is 6.08 Å². The molecule has 3 amide bonds. The summed E-state index contributed by atoms with van der Waals surface area (Å²) in [5, 5.41) is 2.70. The van der Waals surface area contributed by atoms with Crippen LogP contribution in [0, 0.1) is 5.82 Å². The quantitative estimate of drug-likeness (QED) is 0.311. The molecule has 4 rings (SSSR count). The number of halogens is 4. The molecule has 3 aromatic carbocycles. The van der Waals surface area contributed by atoms with Crippen LogP contribution in [0.5, 0.6) is 5.75 Å². The van der Waals surface area contributed by atoms with Gasteiger partial charge in [-0.1, -0.05) is 59.1 Å². The molecule has 1 fully saturated rings. The standard InChI is InChI=1S/C25H16Cl3FN2O4S/c26-17-3-1-2-4-20(17)30-22(32)12-31-24(33)21(36-25(31)34)11-15-9-18(27)23(19(28)10-15)35-13-14-5-7-16(29)8-6-14/h1-11H,12-13H2,(H,30,32)/b21-11+. The Morgan fingerprint density at radius 2 is 1.67 bits per heavy atom. The summed E-state index contributed by atoms with van der Waals surface area (Å²) in [6.07, 6.45) is 1.46. The summed E-state index contributed by atoms with van der Waals surface area (Å²) < 4.78 is 18.7. The summed E-state index contributed by atoms with van der Waals surface area (Å²) >= 11 is 19.4. The van der Waals surface area contributed by atoms with E-state index in [2.05, 4.69) is 5.32 Å². The maximum Gasteiger partial charge on any atom is 0.294 e. The lowest BCUT2D eigenvalue weighted by molar-refractivity contribution is -0.127. The van der Waals surface area contributed by atoms with Crippen molar-refractivity contribution >= 4 is 75.4 Å². The normalized spacial score (nSPS) is 14.4. The first-order valence-corrected chi connectivity index (χ1v) is 12.3. The minimum atomic E-state index is -0.622. The zero-order valence-electron chi connectivity index (χ0n) is 18.3. The predicted molar refractivity (Wildman–Crippen MR) is 140 cm³/mol. The van der Waals surface area contributed by atoms with E-state index in [1.54, 1.807) is 36.4 Å². The topological polar surface area (TPSA) is 75.7 Å². The van der Waals surface area contributed by atoms with Crippen molar-refractivity contribution < 1.29 is 23.5 Å². The first-order valence-electron chi connectivity index (χ1n) is 10.4. The fourth-order valence-corrected chi connectivity index (χ4v) is 4.85. The van der Waals surface area contributed by atoms with Crippen LogP contribution in [0.2, 0.25) is 15.1 Å². The number of carbonyl (C=O) groups is 3. The Balaban J connectivity index is 1.44. The van der Waals surface area contributed by atoms with Gasteiger partial charge in [0.15, 0.2) is 5.75 Å². The summed E-state index contributed by atoms with van der Waals surface area (Å²) in [5.41, 5.74) is 1.56. The van der Waals surface area contributed by atoms with Gasteiger partial charge in [-0.2, -0.15) is 0 Å². The van der Waals surface area contributed by atoms with E-state index < -0.39 is 23.6 Å². The highest BCUT2D eigenvalue weighted by atomic mass is 35.5. The second-order valence-electron chi connectivity index (χ2n) is 7.52. The van der Waals surface area contributed by atoms with E-state index in [4.69, 9.17) is 39.5 Å². The van der Waals surface area contributed by atoms with Crippen molar-refractivity contribution in [1.29, 1.82) is 0 Å². The Labute approximate surface area is 225 Å². The molecule has 0 bridgehead atoms. The number of rotatable bonds is 7. The molecule has 1 saturated heterocycles. The average molecular weight is 566 g/mol. The monoisotopic (exact) mass is 564 g/mol. The summed E-state index contributed by atoms with van der Waals surface area (Å²) in [5.74, 6) is -1.32. The second kappa shape index (κ2) is 11.3. The maximum absolute atomic E-state index is 13.1. The molecule has 1 heterocycles. The Hall–Kier alpha value is -3.04. The lowest BCUT2D eigenvalue weighted by atomic mass is 10.2. The van der Waals surface area contributed by atoms with E-state index in [1.807, 2.05) is 0 Å². The summed E-state index contributed by atoms with van der Waals surface area (Å²) in [6, 6.07) is 15.5. The number of amides is 3. The van der Waals surface area contributed by atoms with Crippen molar-refractivity contribution in [2.24, 2.45) is 0 Å². The number of nitrogens with one attached hydrogen (secondary N) is 1. The lowest BCUT2D eigenvalue weighted by Gasteiger charge is -2.13. The molecule has 6 nitrogen and oxygen atoms in total. The molecule has 1 N–H and O–H groups in total. The zero-order chi connectivity index (χ0) is 25.8. The number of thioether (sulfide) groups is 1. The average Bonchev–Trinajstić information content (AvgIpc) is 3.08. The highest BCUT2D eigenvalue weighted by Crippen LogP contribution is 2.38. The molecule has 0 unspecified atom stereocenters. The van der Waals surface area contributed by atoms with Crippen LogP contribution in [-0.4, -0.2) is 28.5 Å². The first-order chi connectivity index (χ1) is 17.2. The van der Waals surface area contributed by atoms with Crippen molar-refractivity contribution in [3.05, 3.63) is 97.6 Å². The molecule has 0 spiro atoms. The van der Waals surface area contributed by atoms with Gasteiger partial charge in [-0.15, -0.1) is 0 Å². The van der Waals surface area contributed by atoms with Crippen molar-refractivity contribution in [1.82, 2.24) is 4.90 Å². The number of hydrogen-bond acceptors (Lipinski definition) is 5. The van der Waals surface area contributed by atoms with E-state index in [1.165, 1.54) is 30.3 Å². The van der Waals surface area contributed by atoms with E-state index in [0.29, 0.717) is 28.0 Å². The number of imide groups is 1. The summed E-state index contributed by atoms with van der Waals surface area (Å²) in [7, 11) is 0. The Bertz CT molecular complexity index is 1360. The van der Waals surface area contributed by atoms with Crippen molar-refractivity contribution in [3.8, 4) is 5.75 Å². The summed E-state index contributed by atoms with van der Waals surface area (Å²) in [6.45, 7) is -0.348. The third kappa shape index (κ3) is 6.20. The van der Waals surface area contributed by atoms with E-state index in [0.717, 1.165) is 10.5 Å². The first kappa shape index (κ1) is 26.0. The van der Waals surface area contributed by atoms with Crippen LogP contribution in [0.4, 0.5) is 14.9 Å². The molecular weight excluding hydrogens is 550 g/mol. The molecule has 3 aromatic rings. The van der Waals surface area contributed by atoms with Gasteiger partial charge < -0.3 is 10.1 Å². The molecule has 1 aliphatic heterocycles. The maximum atomic E-state index is 13.1. The number of carbonyl (C=O) groups excluding carboxylic acids is 3. The Morgan fingerprint density at radius 3 is 2.33 bits per heavy atom. The largest absolute Gasteiger partial charge is 0.486 e. The van der Waals surface area contributed by atoms with Crippen molar-refractivity contribution in [2.45, 2.75) is 6.61 Å². The van der Waals surface area contributed by atoms with Crippen LogP contribution in [0.3, 0.4) is 0 Å². The van der Waals surface area contributed by atoms with Gasteiger partial charge in [0.1, 0.15) is 19.0 Å². The van der Waals surface area contributed by atoms with Crippen LogP contribution in [0.1, 0.15) is 11.1 Å². The Kier molecular flexibility index (Phi) is 8.21. The SMILES string of the molecule is O=C(CN1C(=O)S/C(=C/c2cc(Cl)c(OCc3ccc(F)cc3)c(Cl)c2)C1=O)Nc1ccccc1Cl. The van der Waals surface area contributed by atoms with Crippen LogP contribution in [0.15, 0.2) is 65.6 Å². The van der Waals surface area contributed by atoms with Crippen molar-refractivity contribution in [2.75, 3.05) is 11.9 Å². The molecule has 0 saturated carbocycles. The molecule has 36 heavy (non-hydrogen) atoms. The fourth-order valence-electron chi connectivity index (χ4n) is 3.22. The van der Waals surface area contributed by atoms with Gasteiger partial charge in [0.25, 0.3) is 11.1 Å². The fraction of sp³-hybridized carbons (Fsp3) is 0.0800. The number of anilines is 1. The molecule has 0 atom stereocenters. The van der Waals surface area contributed by atoms with Gasteiger partial charge in [-0.3, -0.25) is 19.3 Å². The minimum Gasteiger partial charge on any atom is -0.486 e. The number of ether oxygens (including phenoxy) is 1. The van der Waals surface area contributed by atoms with Gasteiger partial charge in [0, 0.05) is 0 Å². The van der Waals surface area contributed by atoms with Gasteiger partial charge in [-0.05, 0) is 65.4 Å². The molecule has 184 valence electrons. The zero-order valence-corrected chi connectivity index (χ0v) is 21.3. The van der Waals surface area contributed by atoms with E-state index in [-0.39, 0.29) is 33.1 Å². The number of para-hydroxylation sites is 1. The third-order valence-electron chi connectivity index (χ3n) is 4.94. The molecule has 0 aliphatic carbocycles. The van der Waals surface area contributed by atoms with Crippen LogP contribution < -0.4 is 10.1 Å². The molecule has 11 heteroatoms. The molecule has 1 aliphatic rings. The third-order valence-corrected chi connectivity index (χ3v) is 6.74. The second-order valence-corrected chi connectivity index (χ2v) is 9.74. The number of hydrogen-bond donors (Lipinski definition) is 1. The van der Waals surface area contributed by atoms with E-state index in [9.17, 15) is 18.8 Å². The highest BCUT2D eigenvalue weighted by molar-refractivity contribution is 8.18.